The van der Waals surface area contributed by atoms with Crippen LogP contribution in [0.2, 0.25) is 0 Å². The van der Waals surface area contributed by atoms with E-state index in [0.29, 0.717) is 0 Å². The van der Waals surface area contributed by atoms with Crippen LogP contribution in [0.4, 0.5) is 4.39 Å². The summed E-state index contributed by atoms with van der Waals surface area (Å²) in [6, 6.07) is 2.62. The first-order chi connectivity index (χ1) is 7.59. The number of pyridine rings is 1. The largest absolute Gasteiger partial charge is 0.344 e. The molecule has 1 fully saturated rings. The molecule has 1 aromatic heterocycles. The van der Waals surface area contributed by atoms with Crippen molar-refractivity contribution in [3.05, 3.63) is 29.8 Å². The number of carbonyl (C=O) groups excluding carboxylic acids is 1. The zero-order chi connectivity index (χ0) is 11.6. The van der Waals surface area contributed by atoms with Crippen LogP contribution >= 0.6 is 0 Å². The normalized spacial score (nSPS) is 24.4. The minimum absolute atomic E-state index is 0.229. The molecule has 0 saturated carbocycles. The summed E-state index contributed by atoms with van der Waals surface area (Å²) in [6.45, 7) is 3.63. The number of carbonyl (C=O) groups is 1. The lowest BCUT2D eigenvalue weighted by Gasteiger charge is -2.24. The fraction of sp³-hybridized carbons (Fsp3) is 0.455. The highest BCUT2D eigenvalue weighted by Gasteiger charge is 2.30. The van der Waals surface area contributed by atoms with Crippen molar-refractivity contribution in [3.8, 4) is 0 Å². The molecular formula is C11H14FN3O. The third kappa shape index (κ3) is 2.36. The molecule has 1 amide bonds. The first-order valence-corrected chi connectivity index (χ1v) is 5.24. The molecule has 2 N–H and O–H groups in total. The Balaban J connectivity index is 2.05. The van der Waals surface area contributed by atoms with E-state index in [9.17, 15) is 9.18 Å². The van der Waals surface area contributed by atoms with Crippen LogP contribution in [-0.4, -0.2) is 29.5 Å². The van der Waals surface area contributed by atoms with Gasteiger partial charge in [0.25, 0.3) is 5.91 Å². The zero-order valence-corrected chi connectivity index (χ0v) is 9.09. The van der Waals surface area contributed by atoms with E-state index in [1.807, 2.05) is 6.92 Å². The summed E-state index contributed by atoms with van der Waals surface area (Å²) in [4.78, 5) is 15.5. The van der Waals surface area contributed by atoms with E-state index in [4.69, 9.17) is 0 Å². The molecule has 2 heterocycles. The van der Waals surface area contributed by atoms with Crippen LogP contribution in [0.3, 0.4) is 0 Å². The average Bonchev–Trinajstić information content (AvgIpc) is 2.65. The van der Waals surface area contributed by atoms with Gasteiger partial charge in [0.15, 0.2) is 0 Å². The van der Waals surface area contributed by atoms with E-state index in [1.54, 1.807) is 0 Å². The summed E-state index contributed by atoms with van der Waals surface area (Å²) in [5.41, 5.74) is 0.0159. The van der Waals surface area contributed by atoms with Crippen molar-refractivity contribution in [1.29, 1.82) is 0 Å². The van der Waals surface area contributed by atoms with Gasteiger partial charge in [-0.05, 0) is 32.0 Å². The Kier molecular flexibility index (Phi) is 2.87. The summed E-state index contributed by atoms with van der Waals surface area (Å²) in [5.74, 6) is -0.698. The van der Waals surface area contributed by atoms with Crippen LogP contribution in [-0.2, 0) is 0 Å². The Hall–Kier alpha value is -1.49. The number of hydrogen-bond donors (Lipinski definition) is 2. The van der Waals surface area contributed by atoms with Crippen molar-refractivity contribution < 1.29 is 9.18 Å². The van der Waals surface area contributed by atoms with Crippen molar-refractivity contribution in [2.45, 2.75) is 18.9 Å². The molecule has 2 rings (SSSR count). The summed E-state index contributed by atoms with van der Waals surface area (Å²) in [7, 11) is 0. The number of aromatic nitrogens is 1. The van der Waals surface area contributed by atoms with Gasteiger partial charge in [0.05, 0.1) is 11.7 Å². The molecule has 0 aromatic carbocycles. The molecule has 5 heteroatoms. The molecule has 1 saturated heterocycles. The molecule has 86 valence electrons. The summed E-state index contributed by atoms with van der Waals surface area (Å²) >= 11 is 0. The van der Waals surface area contributed by atoms with E-state index in [1.165, 1.54) is 12.1 Å². The molecule has 1 aromatic rings. The molecule has 1 aliphatic heterocycles. The summed E-state index contributed by atoms with van der Waals surface area (Å²) in [6.07, 6.45) is 1.93. The maximum Gasteiger partial charge on any atom is 0.270 e. The number of halogens is 1. The van der Waals surface area contributed by atoms with E-state index >= 15 is 0 Å². The first-order valence-electron chi connectivity index (χ1n) is 5.24. The van der Waals surface area contributed by atoms with Crippen LogP contribution in [0.15, 0.2) is 18.3 Å². The minimum atomic E-state index is -0.440. The van der Waals surface area contributed by atoms with Gasteiger partial charge in [-0.2, -0.15) is 0 Å². The summed E-state index contributed by atoms with van der Waals surface area (Å²) in [5, 5.41) is 6.09. The van der Waals surface area contributed by atoms with E-state index in [2.05, 4.69) is 15.6 Å². The topological polar surface area (TPSA) is 54.0 Å². The van der Waals surface area contributed by atoms with Crippen molar-refractivity contribution in [1.82, 2.24) is 15.6 Å². The van der Waals surface area contributed by atoms with Gasteiger partial charge in [-0.25, -0.2) is 9.37 Å². The summed E-state index contributed by atoms with van der Waals surface area (Å²) < 4.78 is 12.6. The Morgan fingerprint density at radius 1 is 1.62 bits per heavy atom. The van der Waals surface area contributed by atoms with Crippen LogP contribution in [0.25, 0.3) is 0 Å². The number of nitrogens with zero attached hydrogens (tertiary/aromatic N) is 1. The van der Waals surface area contributed by atoms with E-state index in [-0.39, 0.29) is 17.1 Å². The Labute approximate surface area is 93.3 Å². The SMILES string of the molecule is CC1(NC(=O)c2ccc(F)cn2)CCNC1. The second kappa shape index (κ2) is 4.17. The minimum Gasteiger partial charge on any atom is -0.344 e. The van der Waals surface area contributed by atoms with Gasteiger partial charge in [-0.3, -0.25) is 4.79 Å². The van der Waals surface area contributed by atoms with Crippen LogP contribution in [0.1, 0.15) is 23.8 Å². The van der Waals surface area contributed by atoms with Crippen molar-refractivity contribution >= 4 is 5.91 Å². The van der Waals surface area contributed by atoms with Crippen molar-refractivity contribution in [3.63, 3.8) is 0 Å². The monoisotopic (exact) mass is 223 g/mol. The molecule has 0 aliphatic carbocycles. The highest BCUT2D eigenvalue weighted by Crippen LogP contribution is 2.13. The van der Waals surface area contributed by atoms with Gasteiger partial charge in [0.2, 0.25) is 0 Å². The van der Waals surface area contributed by atoms with Crippen molar-refractivity contribution in [2.75, 3.05) is 13.1 Å². The molecule has 0 bridgehead atoms. The smallest absolute Gasteiger partial charge is 0.270 e. The highest BCUT2D eigenvalue weighted by atomic mass is 19.1. The lowest BCUT2D eigenvalue weighted by atomic mass is 10.0. The molecule has 1 aliphatic rings. The zero-order valence-electron chi connectivity index (χ0n) is 9.09. The molecule has 16 heavy (non-hydrogen) atoms. The average molecular weight is 223 g/mol. The number of hydrogen-bond acceptors (Lipinski definition) is 3. The van der Waals surface area contributed by atoms with E-state index < -0.39 is 5.82 Å². The predicted octanol–water partition coefficient (Wildman–Crippen LogP) is 0.702. The third-order valence-corrected chi connectivity index (χ3v) is 2.74. The van der Waals surface area contributed by atoms with Crippen LogP contribution in [0.5, 0.6) is 0 Å². The Morgan fingerprint density at radius 2 is 2.44 bits per heavy atom. The molecular weight excluding hydrogens is 209 g/mol. The van der Waals surface area contributed by atoms with E-state index in [0.717, 1.165) is 25.7 Å². The first kappa shape index (κ1) is 11.0. The third-order valence-electron chi connectivity index (χ3n) is 2.74. The highest BCUT2D eigenvalue weighted by molar-refractivity contribution is 5.92. The molecule has 1 atom stereocenters. The second-order valence-electron chi connectivity index (χ2n) is 4.30. The van der Waals surface area contributed by atoms with Crippen molar-refractivity contribution in [2.24, 2.45) is 0 Å². The van der Waals surface area contributed by atoms with Gasteiger partial charge < -0.3 is 10.6 Å². The molecule has 1 unspecified atom stereocenters. The fourth-order valence-electron chi connectivity index (χ4n) is 1.77. The van der Waals surface area contributed by atoms with Gasteiger partial charge >= 0.3 is 0 Å². The van der Waals surface area contributed by atoms with Gasteiger partial charge in [0.1, 0.15) is 11.5 Å². The van der Waals surface area contributed by atoms with Gasteiger partial charge in [-0.15, -0.1) is 0 Å². The van der Waals surface area contributed by atoms with Gasteiger partial charge in [-0.1, -0.05) is 0 Å². The molecule has 0 radical (unpaired) electrons. The maximum atomic E-state index is 12.6. The molecule has 4 nitrogen and oxygen atoms in total. The second-order valence-corrected chi connectivity index (χ2v) is 4.30. The number of rotatable bonds is 2. The Bertz CT molecular complexity index is 385. The fourth-order valence-corrected chi connectivity index (χ4v) is 1.77. The van der Waals surface area contributed by atoms with Crippen LogP contribution < -0.4 is 10.6 Å². The lowest BCUT2D eigenvalue weighted by Crippen LogP contribution is -2.47. The number of amides is 1. The lowest BCUT2D eigenvalue weighted by molar-refractivity contribution is 0.0908. The molecule has 0 spiro atoms. The van der Waals surface area contributed by atoms with Crippen LogP contribution in [0, 0.1) is 5.82 Å². The Morgan fingerprint density at radius 3 is 3.00 bits per heavy atom. The number of nitrogens with one attached hydrogen (secondary N) is 2. The quantitative estimate of drug-likeness (QED) is 0.776. The predicted molar refractivity (Wildman–Crippen MR) is 57.6 cm³/mol. The van der Waals surface area contributed by atoms with Gasteiger partial charge in [0, 0.05) is 6.54 Å². The maximum absolute atomic E-state index is 12.6. The standard InChI is InChI=1S/C11H14FN3O/c1-11(4-5-13-7-11)15-10(16)9-3-2-8(12)6-14-9/h2-3,6,13H,4-5,7H2,1H3,(H,15,16).